The van der Waals surface area contributed by atoms with Gasteiger partial charge in [0.1, 0.15) is 0 Å². The number of rotatable bonds is 4. The van der Waals surface area contributed by atoms with E-state index in [-0.39, 0.29) is 12.1 Å². The van der Waals surface area contributed by atoms with Crippen molar-refractivity contribution in [1.82, 2.24) is 10.6 Å². The molecular formula is C10H18N2O4. The summed E-state index contributed by atoms with van der Waals surface area (Å²) in [5, 5.41) is 5.37. The quantitative estimate of drug-likeness (QED) is 0.755. The van der Waals surface area contributed by atoms with E-state index in [1.54, 1.807) is 13.8 Å². The molecule has 2 atom stereocenters. The van der Waals surface area contributed by atoms with Gasteiger partial charge in [0.25, 0.3) is 0 Å². The lowest BCUT2D eigenvalue weighted by atomic mass is 9.86. The summed E-state index contributed by atoms with van der Waals surface area (Å²) in [5.41, 5.74) is 0. The van der Waals surface area contributed by atoms with Crippen molar-refractivity contribution >= 4 is 12.2 Å². The molecule has 0 radical (unpaired) electrons. The first kappa shape index (κ1) is 12.6. The fourth-order valence-corrected chi connectivity index (χ4v) is 1.49. The predicted molar refractivity (Wildman–Crippen MR) is 57.1 cm³/mol. The largest absolute Gasteiger partial charge is 0.450 e. The second kappa shape index (κ2) is 6.19. The molecule has 0 bridgehead atoms. The minimum absolute atomic E-state index is 0.0524. The standard InChI is InChI=1S/C10H18N2O4/c1-3-15-9(13)11-7-5-6-8(7)12-10(14)16-4-2/h7-8H,3-6H2,1-2H3,(H,11,13)(H,12,14)/t7-,8-/m0/s1. The smallest absolute Gasteiger partial charge is 0.407 e. The van der Waals surface area contributed by atoms with Crippen LogP contribution in [0, 0.1) is 0 Å². The third kappa shape index (κ3) is 3.60. The molecule has 92 valence electrons. The third-order valence-corrected chi connectivity index (χ3v) is 2.43. The van der Waals surface area contributed by atoms with Crippen molar-refractivity contribution in [2.75, 3.05) is 13.2 Å². The van der Waals surface area contributed by atoms with Gasteiger partial charge >= 0.3 is 12.2 Å². The first-order valence-electron chi connectivity index (χ1n) is 5.54. The Morgan fingerprint density at radius 2 is 1.38 bits per heavy atom. The molecule has 0 aromatic heterocycles. The maximum atomic E-state index is 11.1. The molecule has 2 N–H and O–H groups in total. The van der Waals surface area contributed by atoms with Crippen molar-refractivity contribution in [2.45, 2.75) is 38.8 Å². The highest BCUT2D eigenvalue weighted by Crippen LogP contribution is 2.20. The minimum atomic E-state index is -0.442. The van der Waals surface area contributed by atoms with E-state index in [1.807, 2.05) is 0 Å². The van der Waals surface area contributed by atoms with Crippen LogP contribution in [-0.4, -0.2) is 37.5 Å². The van der Waals surface area contributed by atoms with Gasteiger partial charge < -0.3 is 20.1 Å². The molecule has 0 spiro atoms. The van der Waals surface area contributed by atoms with Crippen LogP contribution in [0.3, 0.4) is 0 Å². The Balaban J connectivity index is 2.24. The lowest BCUT2D eigenvalue weighted by Gasteiger charge is -2.36. The van der Waals surface area contributed by atoms with Gasteiger partial charge in [0, 0.05) is 0 Å². The minimum Gasteiger partial charge on any atom is -0.450 e. The van der Waals surface area contributed by atoms with Crippen molar-refractivity contribution in [3.63, 3.8) is 0 Å². The summed E-state index contributed by atoms with van der Waals surface area (Å²) in [6.45, 7) is 4.17. The third-order valence-electron chi connectivity index (χ3n) is 2.43. The Morgan fingerprint density at radius 3 is 1.62 bits per heavy atom. The normalized spacial score (nSPS) is 22.9. The highest BCUT2D eigenvalue weighted by atomic mass is 16.6. The molecule has 0 aromatic rings. The van der Waals surface area contributed by atoms with E-state index in [1.165, 1.54) is 0 Å². The molecule has 16 heavy (non-hydrogen) atoms. The van der Waals surface area contributed by atoms with E-state index in [9.17, 15) is 9.59 Å². The lowest BCUT2D eigenvalue weighted by molar-refractivity contribution is 0.120. The molecule has 6 heteroatoms. The van der Waals surface area contributed by atoms with Crippen molar-refractivity contribution in [1.29, 1.82) is 0 Å². The molecule has 2 amide bonds. The predicted octanol–water partition coefficient (Wildman–Crippen LogP) is 1.01. The number of hydrogen-bond acceptors (Lipinski definition) is 4. The lowest BCUT2D eigenvalue weighted by Crippen LogP contribution is -2.58. The van der Waals surface area contributed by atoms with Gasteiger partial charge in [-0.3, -0.25) is 0 Å². The summed E-state index contributed by atoms with van der Waals surface area (Å²) in [6.07, 6.45) is 0.803. The van der Waals surface area contributed by atoms with E-state index in [0.29, 0.717) is 13.2 Å². The maximum absolute atomic E-state index is 11.1. The van der Waals surface area contributed by atoms with Crippen LogP contribution >= 0.6 is 0 Å². The molecule has 1 saturated carbocycles. The van der Waals surface area contributed by atoms with Crippen molar-refractivity contribution in [3.8, 4) is 0 Å². The highest BCUT2D eigenvalue weighted by molar-refractivity contribution is 5.69. The molecule has 1 rings (SSSR count). The average Bonchev–Trinajstić information content (AvgIpc) is 2.22. The van der Waals surface area contributed by atoms with Crippen LogP contribution in [0.2, 0.25) is 0 Å². The summed E-state index contributed by atoms with van der Waals surface area (Å²) in [6, 6.07) is -0.105. The maximum Gasteiger partial charge on any atom is 0.407 e. The summed E-state index contributed by atoms with van der Waals surface area (Å²) >= 11 is 0. The van der Waals surface area contributed by atoms with Crippen LogP contribution in [0.15, 0.2) is 0 Å². The Hall–Kier alpha value is -1.46. The molecule has 0 saturated heterocycles. The van der Waals surface area contributed by atoms with Crippen molar-refractivity contribution in [3.05, 3.63) is 0 Å². The van der Waals surface area contributed by atoms with Crippen LogP contribution in [0.5, 0.6) is 0 Å². The van der Waals surface area contributed by atoms with E-state index < -0.39 is 12.2 Å². The van der Waals surface area contributed by atoms with E-state index in [4.69, 9.17) is 9.47 Å². The molecule has 1 aliphatic carbocycles. The molecule has 0 heterocycles. The van der Waals surface area contributed by atoms with Crippen molar-refractivity contribution in [2.24, 2.45) is 0 Å². The van der Waals surface area contributed by atoms with Crippen LogP contribution in [0.25, 0.3) is 0 Å². The van der Waals surface area contributed by atoms with E-state index >= 15 is 0 Å². The zero-order valence-electron chi connectivity index (χ0n) is 9.62. The van der Waals surface area contributed by atoms with Gasteiger partial charge in [-0.15, -0.1) is 0 Å². The van der Waals surface area contributed by atoms with Crippen LogP contribution in [-0.2, 0) is 9.47 Å². The SMILES string of the molecule is CCOC(=O)N[C@H]1CC[C@@H]1NC(=O)OCC. The summed E-state index contributed by atoms with van der Waals surface area (Å²) in [5.74, 6) is 0. The number of carbonyl (C=O) groups is 2. The number of alkyl carbamates (subject to hydrolysis) is 2. The van der Waals surface area contributed by atoms with Crippen LogP contribution in [0.4, 0.5) is 9.59 Å². The fourth-order valence-electron chi connectivity index (χ4n) is 1.49. The summed E-state index contributed by atoms with van der Waals surface area (Å²) in [7, 11) is 0. The summed E-state index contributed by atoms with van der Waals surface area (Å²) in [4.78, 5) is 22.3. The van der Waals surface area contributed by atoms with E-state index in [0.717, 1.165) is 12.8 Å². The van der Waals surface area contributed by atoms with Gasteiger partial charge in [0.2, 0.25) is 0 Å². The molecule has 0 aromatic carbocycles. The molecule has 1 aliphatic rings. The Kier molecular flexibility index (Phi) is 4.88. The van der Waals surface area contributed by atoms with Gasteiger partial charge in [-0.25, -0.2) is 9.59 Å². The summed E-state index contributed by atoms with van der Waals surface area (Å²) < 4.78 is 9.51. The first-order chi connectivity index (χ1) is 7.67. The molecule has 6 nitrogen and oxygen atoms in total. The monoisotopic (exact) mass is 230 g/mol. The number of amides is 2. The van der Waals surface area contributed by atoms with Crippen LogP contribution < -0.4 is 10.6 Å². The number of hydrogen-bond donors (Lipinski definition) is 2. The first-order valence-corrected chi connectivity index (χ1v) is 5.54. The van der Waals surface area contributed by atoms with Crippen molar-refractivity contribution < 1.29 is 19.1 Å². The Morgan fingerprint density at radius 1 is 1.00 bits per heavy atom. The molecule has 1 fully saturated rings. The van der Waals surface area contributed by atoms with E-state index in [2.05, 4.69) is 10.6 Å². The molecule has 0 aliphatic heterocycles. The van der Waals surface area contributed by atoms with Gasteiger partial charge in [-0.1, -0.05) is 0 Å². The zero-order valence-corrected chi connectivity index (χ0v) is 9.62. The number of carbonyl (C=O) groups excluding carboxylic acids is 2. The number of nitrogens with one attached hydrogen (secondary N) is 2. The Labute approximate surface area is 94.7 Å². The zero-order chi connectivity index (χ0) is 12.0. The van der Waals surface area contributed by atoms with Gasteiger partial charge in [-0.05, 0) is 26.7 Å². The second-order valence-electron chi connectivity index (χ2n) is 3.52. The van der Waals surface area contributed by atoms with Gasteiger partial charge in [-0.2, -0.15) is 0 Å². The Bertz CT molecular complexity index is 231. The molecular weight excluding hydrogens is 212 g/mol. The highest BCUT2D eigenvalue weighted by Gasteiger charge is 2.33. The van der Waals surface area contributed by atoms with Crippen LogP contribution in [0.1, 0.15) is 26.7 Å². The second-order valence-corrected chi connectivity index (χ2v) is 3.52. The van der Waals surface area contributed by atoms with Gasteiger partial charge in [0.15, 0.2) is 0 Å². The van der Waals surface area contributed by atoms with Gasteiger partial charge in [0.05, 0.1) is 25.3 Å². The number of ether oxygens (including phenoxy) is 2. The average molecular weight is 230 g/mol. The fraction of sp³-hybridized carbons (Fsp3) is 0.800. The molecule has 0 unspecified atom stereocenters. The topological polar surface area (TPSA) is 76.7 Å².